The Morgan fingerprint density at radius 1 is 1.15 bits per heavy atom. The van der Waals surface area contributed by atoms with E-state index in [2.05, 4.69) is 15.2 Å². The highest BCUT2D eigenvalue weighted by molar-refractivity contribution is 7.98. The number of hydrogen-bond donors (Lipinski definition) is 1. The molecule has 0 radical (unpaired) electrons. The second-order valence-corrected chi connectivity index (χ2v) is 9.02. The number of amides is 1. The molecule has 0 unspecified atom stereocenters. The molecule has 5 nitrogen and oxygen atoms in total. The summed E-state index contributed by atoms with van der Waals surface area (Å²) in [5, 5.41) is 5.08. The molecule has 0 bridgehead atoms. The molecule has 2 aromatic rings. The van der Waals surface area contributed by atoms with Gasteiger partial charge in [-0.05, 0) is 38.0 Å². The lowest BCUT2D eigenvalue weighted by Gasteiger charge is -2.17. The maximum atomic E-state index is 12.8. The van der Waals surface area contributed by atoms with E-state index in [-0.39, 0.29) is 5.91 Å². The fourth-order valence-electron chi connectivity index (χ4n) is 3.94. The van der Waals surface area contributed by atoms with Crippen molar-refractivity contribution in [1.29, 1.82) is 0 Å². The van der Waals surface area contributed by atoms with Crippen molar-refractivity contribution in [3.05, 3.63) is 10.9 Å². The Morgan fingerprint density at radius 3 is 2.58 bits per heavy atom. The van der Waals surface area contributed by atoms with Gasteiger partial charge in [0, 0.05) is 19.1 Å². The molecule has 140 valence electrons. The van der Waals surface area contributed by atoms with E-state index in [4.69, 9.17) is 4.98 Å². The fraction of sp³-hybridized carbons (Fsp3) is 0.632. The van der Waals surface area contributed by atoms with E-state index in [1.54, 1.807) is 11.8 Å². The van der Waals surface area contributed by atoms with Crippen LogP contribution in [-0.4, -0.2) is 41.3 Å². The highest BCUT2D eigenvalue weighted by atomic mass is 32.2. The van der Waals surface area contributed by atoms with Crippen molar-refractivity contribution >= 4 is 45.0 Å². The lowest BCUT2D eigenvalue weighted by Crippen LogP contribution is -2.33. The minimum atomic E-state index is 0.0537. The minimum Gasteiger partial charge on any atom is -0.356 e. The molecule has 4 rings (SSSR count). The average Bonchev–Trinajstić information content (AvgIpc) is 3.26. The lowest BCUT2D eigenvalue weighted by atomic mass is 10.1. The van der Waals surface area contributed by atoms with Crippen LogP contribution in [0.1, 0.15) is 61.0 Å². The number of hydrogen-bond acceptors (Lipinski definition) is 6. The summed E-state index contributed by atoms with van der Waals surface area (Å²) in [6.07, 6.45) is 11.7. The van der Waals surface area contributed by atoms with Gasteiger partial charge in [0.15, 0.2) is 5.16 Å². The van der Waals surface area contributed by atoms with Gasteiger partial charge in [-0.3, -0.25) is 4.79 Å². The summed E-state index contributed by atoms with van der Waals surface area (Å²) in [6.45, 7) is 2.08. The number of nitrogens with one attached hydrogen (secondary N) is 1. The predicted octanol–water partition coefficient (Wildman–Crippen LogP) is 4.47. The van der Waals surface area contributed by atoms with Gasteiger partial charge < -0.3 is 10.2 Å². The SMILES string of the molecule is CSc1nc(N2CCCC2)c2cc(C(=O)NC3CCCCCC3)sc2n1. The van der Waals surface area contributed by atoms with Crippen LogP contribution in [0.5, 0.6) is 0 Å². The van der Waals surface area contributed by atoms with Gasteiger partial charge in [-0.15, -0.1) is 11.3 Å². The smallest absolute Gasteiger partial charge is 0.261 e. The summed E-state index contributed by atoms with van der Waals surface area (Å²) in [7, 11) is 0. The quantitative estimate of drug-likeness (QED) is 0.474. The van der Waals surface area contributed by atoms with Gasteiger partial charge in [-0.1, -0.05) is 37.4 Å². The molecule has 2 aliphatic rings. The van der Waals surface area contributed by atoms with Gasteiger partial charge in [0.2, 0.25) is 0 Å². The number of carbonyl (C=O) groups is 1. The van der Waals surface area contributed by atoms with Crippen molar-refractivity contribution in [2.45, 2.75) is 62.6 Å². The third-order valence-corrected chi connectivity index (χ3v) is 6.93. The van der Waals surface area contributed by atoms with Gasteiger partial charge >= 0.3 is 0 Å². The molecule has 2 aromatic heterocycles. The van der Waals surface area contributed by atoms with Crippen LogP contribution in [0.25, 0.3) is 10.2 Å². The van der Waals surface area contributed by atoms with Crippen molar-refractivity contribution in [2.75, 3.05) is 24.2 Å². The van der Waals surface area contributed by atoms with Crippen LogP contribution in [0.15, 0.2) is 11.2 Å². The average molecular weight is 391 g/mol. The van der Waals surface area contributed by atoms with Crippen LogP contribution in [0.3, 0.4) is 0 Å². The first-order valence-electron chi connectivity index (χ1n) is 9.66. The third-order valence-electron chi connectivity index (χ3n) is 5.35. The van der Waals surface area contributed by atoms with Gasteiger partial charge in [0.1, 0.15) is 10.6 Å². The molecule has 2 fully saturated rings. The topological polar surface area (TPSA) is 58.1 Å². The molecule has 26 heavy (non-hydrogen) atoms. The molecule has 7 heteroatoms. The first-order chi connectivity index (χ1) is 12.7. The second kappa shape index (κ2) is 8.13. The molecule has 1 amide bonds. The summed E-state index contributed by atoms with van der Waals surface area (Å²) in [4.78, 5) is 26.2. The summed E-state index contributed by atoms with van der Waals surface area (Å²) in [5.74, 6) is 1.06. The zero-order valence-electron chi connectivity index (χ0n) is 15.3. The molecule has 1 saturated heterocycles. The summed E-state index contributed by atoms with van der Waals surface area (Å²) < 4.78 is 0. The van der Waals surface area contributed by atoms with E-state index in [1.807, 2.05) is 12.3 Å². The Hall–Kier alpha value is -1.34. The van der Waals surface area contributed by atoms with E-state index in [0.29, 0.717) is 6.04 Å². The van der Waals surface area contributed by atoms with Crippen molar-refractivity contribution < 1.29 is 4.79 Å². The predicted molar refractivity (Wildman–Crippen MR) is 110 cm³/mol. The molecule has 3 heterocycles. The van der Waals surface area contributed by atoms with Crippen LogP contribution in [0.2, 0.25) is 0 Å². The van der Waals surface area contributed by atoms with Crippen LogP contribution in [0, 0.1) is 0 Å². The summed E-state index contributed by atoms with van der Waals surface area (Å²) in [6, 6.07) is 2.32. The standard InChI is InChI=1S/C19H26N4OS2/c1-25-19-21-16(23-10-6-7-11-23)14-12-15(26-18(14)22-19)17(24)20-13-8-4-2-3-5-9-13/h12-13H,2-11H2,1H3,(H,20,24). The van der Waals surface area contributed by atoms with Crippen LogP contribution < -0.4 is 10.2 Å². The number of aromatic nitrogens is 2. The molecule has 0 aromatic carbocycles. The van der Waals surface area contributed by atoms with E-state index in [1.165, 1.54) is 49.9 Å². The Balaban J connectivity index is 1.61. The van der Waals surface area contributed by atoms with E-state index in [9.17, 15) is 4.79 Å². The van der Waals surface area contributed by atoms with Crippen LogP contribution >= 0.6 is 23.1 Å². The number of anilines is 1. The van der Waals surface area contributed by atoms with Gasteiger partial charge in [-0.25, -0.2) is 9.97 Å². The zero-order chi connectivity index (χ0) is 17.9. The van der Waals surface area contributed by atoms with Gasteiger partial charge in [0.05, 0.1) is 10.3 Å². The number of rotatable bonds is 4. The molecule has 1 aliphatic carbocycles. The molecule has 0 spiro atoms. The molecular formula is C19H26N4OS2. The van der Waals surface area contributed by atoms with Gasteiger partial charge in [0.25, 0.3) is 5.91 Å². The number of carbonyl (C=O) groups excluding carboxylic acids is 1. The Labute approximate surface area is 163 Å². The van der Waals surface area contributed by atoms with E-state index >= 15 is 0 Å². The summed E-state index contributed by atoms with van der Waals surface area (Å²) in [5.41, 5.74) is 0. The first-order valence-corrected chi connectivity index (χ1v) is 11.7. The number of fused-ring (bicyclic) bond motifs is 1. The Kier molecular flexibility index (Phi) is 5.64. The normalized spacial score (nSPS) is 19.0. The third kappa shape index (κ3) is 3.83. The monoisotopic (exact) mass is 390 g/mol. The Morgan fingerprint density at radius 2 is 1.88 bits per heavy atom. The number of thiophene rings is 1. The lowest BCUT2D eigenvalue weighted by molar-refractivity contribution is 0.0937. The van der Waals surface area contributed by atoms with Crippen molar-refractivity contribution in [2.24, 2.45) is 0 Å². The minimum absolute atomic E-state index is 0.0537. The van der Waals surface area contributed by atoms with E-state index < -0.39 is 0 Å². The van der Waals surface area contributed by atoms with Crippen molar-refractivity contribution in [1.82, 2.24) is 15.3 Å². The van der Waals surface area contributed by atoms with Crippen LogP contribution in [0.4, 0.5) is 5.82 Å². The largest absolute Gasteiger partial charge is 0.356 e. The van der Waals surface area contributed by atoms with Crippen molar-refractivity contribution in [3.8, 4) is 0 Å². The maximum absolute atomic E-state index is 12.8. The second-order valence-electron chi connectivity index (χ2n) is 7.22. The first kappa shape index (κ1) is 18.0. The zero-order valence-corrected chi connectivity index (χ0v) is 16.9. The Bertz CT molecular complexity index is 777. The highest BCUT2D eigenvalue weighted by Crippen LogP contribution is 2.34. The van der Waals surface area contributed by atoms with Crippen molar-refractivity contribution in [3.63, 3.8) is 0 Å². The van der Waals surface area contributed by atoms with Gasteiger partial charge in [-0.2, -0.15) is 0 Å². The van der Waals surface area contributed by atoms with E-state index in [0.717, 1.165) is 52.0 Å². The molecule has 0 atom stereocenters. The van der Waals surface area contributed by atoms with Crippen LogP contribution in [-0.2, 0) is 0 Å². The summed E-state index contributed by atoms with van der Waals surface area (Å²) >= 11 is 3.06. The maximum Gasteiger partial charge on any atom is 0.261 e. The molecule has 1 aliphatic heterocycles. The molecular weight excluding hydrogens is 364 g/mol. The fourth-order valence-corrected chi connectivity index (χ4v) is 5.29. The molecule has 1 saturated carbocycles. The highest BCUT2D eigenvalue weighted by Gasteiger charge is 2.22. The number of thioether (sulfide) groups is 1. The molecule has 1 N–H and O–H groups in total. The number of nitrogens with zero attached hydrogens (tertiary/aromatic N) is 3.